The average Bonchev–Trinajstić information content (AvgIpc) is 2.40. The van der Waals surface area contributed by atoms with Crippen LogP contribution in [-0.4, -0.2) is 20.0 Å². The van der Waals surface area contributed by atoms with Crippen molar-refractivity contribution in [2.24, 2.45) is 0 Å². The summed E-state index contributed by atoms with van der Waals surface area (Å²) in [5, 5.41) is 0.653. The molecular weight excluding hydrogens is 264 g/mol. The van der Waals surface area contributed by atoms with Crippen LogP contribution in [0, 0.1) is 0 Å². The molecule has 1 aromatic rings. The van der Waals surface area contributed by atoms with Crippen molar-refractivity contribution in [2.45, 2.75) is 39.0 Å². The second-order valence-corrected chi connectivity index (χ2v) is 4.85. The number of rotatable bonds is 8. The third-order valence-corrected chi connectivity index (χ3v) is 3.34. The topological polar surface area (TPSA) is 35.5 Å². The van der Waals surface area contributed by atoms with Crippen molar-refractivity contribution in [1.82, 2.24) is 0 Å². The SMILES string of the molecule is CCCC(=O)CCCc1cc(OC)c(OC)cc1Cl. The first-order valence-electron chi connectivity index (χ1n) is 6.54. The molecule has 0 saturated heterocycles. The van der Waals surface area contributed by atoms with Gasteiger partial charge in [0.05, 0.1) is 14.2 Å². The van der Waals surface area contributed by atoms with E-state index in [0.29, 0.717) is 35.1 Å². The predicted octanol–water partition coefficient (Wildman–Crippen LogP) is 4.05. The third kappa shape index (κ3) is 4.75. The molecule has 0 N–H and O–H groups in total. The van der Waals surface area contributed by atoms with E-state index >= 15 is 0 Å². The van der Waals surface area contributed by atoms with Gasteiger partial charge in [0, 0.05) is 23.9 Å². The highest BCUT2D eigenvalue weighted by Gasteiger charge is 2.10. The second kappa shape index (κ2) is 8.05. The Morgan fingerprint density at radius 2 is 1.79 bits per heavy atom. The van der Waals surface area contributed by atoms with E-state index < -0.39 is 0 Å². The molecule has 0 amide bonds. The first-order valence-corrected chi connectivity index (χ1v) is 6.92. The van der Waals surface area contributed by atoms with Crippen molar-refractivity contribution < 1.29 is 14.3 Å². The molecule has 1 rings (SSSR count). The maximum atomic E-state index is 11.5. The van der Waals surface area contributed by atoms with Gasteiger partial charge >= 0.3 is 0 Å². The molecule has 106 valence electrons. The molecule has 19 heavy (non-hydrogen) atoms. The van der Waals surface area contributed by atoms with E-state index in [1.807, 2.05) is 13.0 Å². The van der Waals surface area contributed by atoms with Gasteiger partial charge in [-0.3, -0.25) is 4.79 Å². The van der Waals surface area contributed by atoms with Crippen molar-refractivity contribution in [2.75, 3.05) is 14.2 Å². The van der Waals surface area contributed by atoms with Gasteiger partial charge in [0.1, 0.15) is 5.78 Å². The van der Waals surface area contributed by atoms with E-state index in [-0.39, 0.29) is 0 Å². The minimum absolute atomic E-state index is 0.319. The number of hydrogen-bond donors (Lipinski definition) is 0. The van der Waals surface area contributed by atoms with Gasteiger partial charge in [0.15, 0.2) is 11.5 Å². The molecule has 0 saturated carbocycles. The van der Waals surface area contributed by atoms with Crippen LogP contribution in [0.15, 0.2) is 12.1 Å². The Labute approximate surface area is 119 Å². The van der Waals surface area contributed by atoms with Gasteiger partial charge in [0.25, 0.3) is 0 Å². The first kappa shape index (κ1) is 15.8. The smallest absolute Gasteiger partial charge is 0.162 e. The summed E-state index contributed by atoms with van der Waals surface area (Å²) in [6.07, 6.45) is 3.77. The van der Waals surface area contributed by atoms with Crippen molar-refractivity contribution in [1.29, 1.82) is 0 Å². The lowest BCUT2D eigenvalue weighted by Gasteiger charge is -2.11. The van der Waals surface area contributed by atoms with E-state index in [9.17, 15) is 4.79 Å². The Bertz CT molecular complexity index is 430. The van der Waals surface area contributed by atoms with Crippen molar-refractivity contribution in [3.63, 3.8) is 0 Å². The first-order chi connectivity index (χ1) is 9.12. The summed E-state index contributed by atoms with van der Waals surface area (Å²) in [4.78, 5) is 11.5. The van der Waals surface area contributed by atoms with Gasteiger partial charge < -0.3 is 9.47 Å². The average molecular weight is 285 g/mol. The Morgan fingerprint density at radius 3 is 2.37 bits per heavy atom. The highest BCUT2D eigenvalue weighted by Crippen LogP contribution is 2.33. The Morgan fingerprint density at radius 1 is 1.16 bits per heavy atom. The summed E-state index contributed by atoms with van der Waals surface area (Å²) in [6, 6.07) is 3.63. The maximum absolute atomic E-state index is 11.5. The normalized spacial score (nSPS) is 10.3. The summed E-state index contributed by atoms with van der Waals surface area (Å²) < 4.78 is 10.4. The van der Waals surface area contributed by atoms with Crippen LogP contribution in [0.2, 0.25) is 5.02 Å². The minimum atomic E-state index is 0.319. The minimum Gasteiger partial charge on any atom is -0.493 e. The molecule has 1 aromatic carbocycles. The fraction of sp³-hybridized carbons (Fsp3) is 0.533. The molecule has 0 unspecified atom stereocenters. The van der Waals surface area contributed by atoms with Crippen molar-refractivity contribution in [3.8, 4) is 11.5 Å². The predicted molar refractivity (Wildman–Crippen MR) is 77.4 cm³/mol. The number of carbonyl (C=O) groups excluding carboxylic acids is 1. The number of methoxy groups -OCH3 is 2. The highest BCUT2D eigenvalue weighted by atomic mass is 35.5. The van der Waals surface area contributed by atoms with E-state index in [1.54, 1.807) is 20.3 Å². The largest absolute Gasteiger partial charge is 0.493 e. The third-order valence-electron chi connectivity index (χ3n) is 2.98. The summed E-state index contributed by atoms with van der Waals surface area (Å²) in [5.74, 6) is 1.61. The van der Waals surface area contributed by atoms with Crippen molar-refractivity contribution in [3.05, 3.63) is 22.7 Å². The lowest BCUT2D eigenvalue weighted by molar-refractivity contribution is -0.119. The molecule has 0 fully saturated rings. The molecular formula is C15H21ClO3. The van der Waals surface area contributed by atoms with Crippen LogP contribution in [-0.2, 0) is 11.2 Å². The fourth-order valence-corrected chi connectivity index (χ4v) is 2.22. The number of benzene rings is 1. The number of ketones is 1. The molecule has 3 nitrogen and oxygen atoms in total. The number of carbonyl (C=O) groups is 1. The molecule has 0 atom stereocenters. The molecule has 0 heterocycles. The van der Waals surface area contributed by atoms with E-state index in [0.717, 1.165) is 24.8 Å². The van der Waals surface area contributed by atoms with Crippen LogP contribution in [0.3, 0.4) is 0 Å². The summed E-state index contributed by atoms with van der Waals surface area (Å²) >= 11 is 6.19. The molecule has 0 aromatic heterocycles. The molecule has 0 aliphatic rings. The van der Waals surface area contributed by atoms with Gasteiger partial charge in [-0.15, -0.1) is 0 Å². The zero-order valence-electron chi connectivity index (χ0n) is 11.8. The quantitative estimate of drug-likeness (QED) is 0.722. The zero-order chi connectivity index (χ0) is 14.3. The number of ether oxygens (including phenoxy) is 2. The molecule has 0 bridgehead atoms. The number of hydrogen-bond acceptors (Lipinski definition) is 3. The summed E-state index contributed by atoms with van der Waals surface area (Å²) in [5.41, 5.74) is 0.989. The zero-order valence-corrected chi connectivity index (χ0v) is 12.5. The molecule has 0 aliphatic carbocycles. The van der Waals surface area contributed by atoms with Crippen molar-refractivity contribution >= 4 is 17.4 Å². The van der Waals surface area contributed by atoms with Gasteiger partial charge in [-0.05, 0) is 30.9 Å². The van der Waals surface area contributed by atoms with Crippen LogP contribution in [0.25, 0.3) is 0 Å². The van der Waals surface area contributed by atoms with Gasteiger partial charge in [-0.1, -0.05) is 18.5 Å². The monoisotopic (exact) mass is 284 g/mol. The standard InChI is InChI=1S/C15H21ClO3/c1-4-6-12(17)8-5-7-11-9-14(18-2)15(19-3)10-13(11)16/h9-10H,4-8H2,1-3H3. The number of halogens is 1. The second-order valence-electron chi connectivity index (χ2n) is 4.44. The summed E-state index contributed by atoms with van der Waals surface area (Å²) in [6.45, 7) is 2.02. The van der Waals surface area contributed by atoms with E-state index in [2.05, 4.69) is 0 Å². The molecule has 4 heteroatoms. The van der Waals surface area contributed by atoms with Gasteiger partial charge in [0.2, 0.25) is 0 Å². The lowest BCUT2D eigenvalue weighted by Crippen LogP contribution is -1.99. The van der Waals surface area contributed by atoms with E-state index in [4.69, 9.17) is 21.1 Å². The molecule has 0 spiro atoms. The lowest BCUT2D eigenvalue weighted by atomic mass is 10.0. The van der Waals surface area contributed by atoms with Crippen LogP contribution in [0.1, 0.15) is 38.2 Å². The van der Waals surface area contributed by atoms with Crippen LogP contribution in [0.4, 0.5) is 0 Å². The van der Waals surface area contributed by atoms with Gasteiger partial charge in [-0.25, -0.2) is 0 Å². The highest BCUT2D eigenvalue weighted by molar-refractivity contribution is 6.31. The van der Waals surface area contributed by atoms with Gasteiger partial charge in [-0.2, -0.15) is 0 Å². The van der Waals surface area contributed by atoms with Crippen LogP contribution >= 0.6 is 11.6 Å². The summed E-state index contributed by atoms with van der Waals surface area (Å²) in [7, 11) is 3.18. The number of aryl methyl sites for hydroxylation is 1. The van der Waals surface area contributed by atoms with E-state index in [1.165, 1.54) is 0 Å². The molecule has 0 aliphatic heterocycles. The van der Waals surface area contributed by atoms with Crippen LogP contribution < -0.4 is 9.47 Å². The van der Waals surface area contributed by atoms with Crippen LogP contribution in [0.5, 0.6) is 11.5 Å². The molecule has 0 radical (unpaired) electrons. The fourth-order valence-electron chi connectivity index (χ4n) is 1.97. The Balaban J connectivity index is 2.65. The Kier molecular flexibility index (Phi) is 6.71. The maximum Gasteiger partial charge on any atom is 0.162 e. The number of Topliss-reactive ketones (excluding diaryl/α,β-unsaturated/α-hetero) is 1. The Hall–Kier alpha value is -1.22.